The van der Waals surface area contributed by atoms with Gasteiger partial charge in [-0.05, 0) is 75.7 Å². The Labute approximate surface area is 337 Å². The van der Waals surface area contributed by atoms with Crippen LogP contribution in [0.15, 0.2) is 24.3 Å². The predicted molar refractivity (Wildman–Crippen MR) is 203 cm³/mol. The summed E-state index contributed by atoms with van der Waals surface area (Å²) < 4.78 is 0. The highest BCUT2D eigenvalue weighted by Crippen LogP contribution is 2.12. The van der Waals surface area contributed by atoms with Gasteiger partial charge in [0.15, 0.2) is 0 Å². The molecule has 1 rings (SSSR count). The van der Waals surface area contributed by atoms with Crippen molar-refractivity contribution in [2.45, 2.75) is 100 Å². The number of carboxylic acid groups (broad SMARTS) is 4. The molecular formula is C35H53N9O15. The number of hydrogen-bond donors (Lipinski definition) is 14. The van der Waals surface area contributed by atoms with E-state index >= 15 is 0 Å². The van der Waals surface area contributed by atoms with Gasteiger partial charge < -0.3 is 74.6 Å². The van der Waals surface area contributed by atoms with Gasteiger partial charge in [0.1, 0.15) is 36.0 Å². The van der Waals surface area contributed by atoms with Crippen LogP contribution >= 0.6 is 0 Å². The number of nitrogens with two attached hydrogens (primary N) is 3. The smallest absolute Gasteiger partial charge is 0.326 e. The van der Waals surface area contributed by atoms with Crippen LogP contribution in [-0.4, -0.2) is 141 Å². The second-order valence-electron chi connectivity index (χ2n) is 13.3. The molecule has 6 atom stereocenters. The number of carbonyl (C=O) groups excluding carboxylic acids is 6. The molecule has 0 unspecified atom stereocenters. The third kappa shape index (κ3) is 20.5. The van der Waals surface area contributed by atoms with Crippen molar-refractivity contribution < 1.29 is 73.5 Å². The summed E-state index contributed by atoms with van der Waals surface area (Å²) in [6.07, 6.45) is -1.85. The van der Waals surface area contributed by atoms with Gasteiger partial charge in [-0.3, -0.25) is 43.2 Å². The lowest BCUT2D eigenvalue weighted by Crippen LogP contribution is -2.58. The number of amides is 6. The first-order chi connectivity index (χ1) is 27.8. The van der Waals surface area contributed by atoms with Crippen LogP contribution in [-0.2, 0) is 54.4 Å². The fraction of sp³-hybridized carbons (Fsp3) is 0.543. The van der Waals surface area contributed by atoms with Gasteiger partial charge in [-0.15, -0.1) is 0 Å². The SMILES string of the molecule is NCCCC[C@H](NC(=O)[C@H](CC(=O)O)NC(=O)CNC(=O)[C@H](CC(=O)O)NC(=O)[C@H](CCCCN)NC(=O)[C@@H](N)Cc1ccc(O)cc1)C(=O)N[C@@H](CC(=O)O)C(=O)O. The Balaban J connectivity index is 3.08. The van der Waals surface area contributed by atoms with Crippen molar-refractivity contribution in [1.82, 2.24) is 31.9 Å². The van der Waals surface area contributed by atoms with Gasteiger partial charge in [-0.1, -0.05) is 12.1 Å². The highest BCUT2D eigenvalue weighted by Gasteiger charge is 2.33. The molecule has 328 valence electrons. The van der Waals surface area contributed by atoms with Gasteiger partial charge in [-0.2, -0.15) is 0 Å². The zero-order chi connectivity index (χ0) is 44.7. The van der Waals surface area contributed by atoms with E-state index in [1.54, 1.807) is 12.1 Å². The number of aliphatic carboxylic acids is 4. The third-order valence-corrected chi connectivity index (χ3v) is 8.35. The first-order valence-electron chi connectivity index (χ1n) is 18.4. The van der Waals surface area contributed by atoms with Crippen LogP contribution < -0.4 is 49.1 Å². The number of phenolic OH excluding ortho intramolecular Hbond substituents is 1. The van der Waals surface area contributed by atoms with E-state index in [1.807, 2.05) is 5.32 Å². The summed E-state index contributed by atoms with van der Waals surface area (Å²) in [5.41, 5.74) is 17.7. The Kier molecular flexibility index (Phi) is 22.7. The predicted octanol–water partition coefficient (Wildman–Crippen LogP) is -4.43. The molecule has 0 aromatic heterocycles. The van der Waals surface area contributed by atoms with E-state index in [9.17, 15) is 68.4 Å². The molecule has 0 saturated carbocycles. The van der Waals surface area contributed by atoms with Crippen molar-refractivity contribution in [3.8, 4) is 5.75 Å². The molecule has 0 aliphatic heterocycles. The van der Waals surface area contributed by atoms with Crippen molar-refractivity contribution in [3.05, 3.63) is 29.8 Å². The van der Waals surface area contributed by atoms with Crippen molar-refractivity contribution in [1.29, 1.82) is 0 Å². The van der Waals surface area contributed by atoms with Crippen molar-refractivity contribution in [3.63, 3.8) is 0 Å². The minimum Gasteiger partial charge on any atom is -0.508 e. The average Bonchev–Trinajstić information content (AvgIpc) is 3.15. The van der Waals surface area contributed by atoms with E-state index in [-0.39, 0.29) is 44.5 Å². The molecule has 0 radical (unpaired) electrons. The molecule has 0 heterocycles. The summed E-state index contributed by atoms with van der Waals surface area (Å²) in [5, 5.41) is 59.7. The molecule has 0 fully saturated rings. The number of nitrogens with one attached hydrogen (secondary N) is 6. The number of hydrogen-bond acceptors (Lipinski definition) is 14. The summed E-state index contributed by atoms with van der Waals surface area (Å²) in [7, 11) is 0. The first-order valence-corrected chi connectivity index (χ1v) is 18.4. The molecule has 1 aromatic rings. The Morgan fingerprint density at radius 3 is 1.39 bits per heavy atom. The number of unbranched alkanes of at least 4 members (excludes halogenated alkanes) is 2. The maximum Gasteiger partial charge on any atom is 0.326 e. The zero-order valence-electron chi connectivity index (χ0n) is 32.0. The maximum atomic E-state index is 13.3. The third-order valence-electron chi connectivity index (χ3n) is 8.35. The van der Waals surface area contributed by atoms with Gasteiger partial charge >= 0.3 is 23.9 Å². The van der Waals surface area contributed by atoms with Crippen molar-refractivity contribution in [2.75, 3.05) is 19.6 Å². The standard InChI is InChI=1S/C35H53N9O15/c36-11-3-1-5-21(41-30(53)20(38)13-18-7-9-19(45)10-8-18)32(55)43-23(14-27(47)48)31(54)39-17-26(46)40-24(15-28(49)50)34(57)42-22(6-2-4-12-37)33(56)44-25(35(58)59)16-29(51)52/h7-10,20-25,45H,1-6,11-17,36-38H2,(H,39,54)(H,40,46)(H,41,53)(H,42,57)(H,43,55)(H,44,56)(H,47,48)(H,49,50)(H,51,52)(H,58,59)/t20-,21-,22-,23-,24-,25-/m0/s1. The molecule has 0 aliphatic rings. The summed E-state index contributed by atoms with van der Waals surface area (Å²) in [5.74, 6) is -12.8. The minimum atomic E-state index is -1.89. The molecule has 0 spiro atoms. The van der Waals surface area contributed by atoms with E-state index in [0.717, 1.165) is 0 Å². The topological polar surface area (TPSA) is 422 Å². The summed E-state index contributed by atoms with van der Waals surface area (Å²) in [4.78, 5) is 124. The van der Waals surface area contributed by atoms with Crippen LogP contribution in [0, 0.1) is 0 Å². The number of carbonyl (C=O) groups is 10. The quantitative estimate of drug-likeness (QED) is 0.0338. The summed E-state index contributed by atoms with van der Waals surface area (Å²) in [6.45, 7) is -0.563. The lowest BCUT2D eigenvalue weighted by atomic mass is 10.0. The fourth-order valence-corrected chi connectivity index (χ4v) is 5.28. The lowest BCUT2D eigenvalue weighted by Gasteiger charge is -2.24. The van der Waals surface area contributed by atoms with Gasteiger partial charge in [0, 0.05) is 0 Å². The van der Waals surface area contributed by atoms with Crippen LogP contribution in [0.3, 0.4) is 0 Å². The number of carboxylic acids is 4. The number of rotatable bonds is 29. The van der Waals surface area contributed by atoms with Crippen LogP contribution in [0.5, 0.6) is 5.75 Å². The molecule has 24 heteroatoms. The Morgan fingerprint density at radius 2 is 0.932 bits per heavy atom. The molecule has 59 heavy (non-hydrogen) atoms. The second-order valence-corrected chi connectivity index (χ2v) is 13.3. The first kappa shape index (κ1) is 50.6. The molecule has 0 bridgehead atoms. The number of benzene rings is 1. The second kappa shape index (κ2) is 26.5. The highest BCUT2D eigenvalue weighted by molar-refractivity contribution is 5.98. The number of aromatic hydroxyl groups is 1. The molecular weight excluding hydrogens is 786 g/mol. The van der Waals surface area contributed by atoms with E-state index in [2.05, 4.69) is 26.6 Å². The van der Waals surface area contributed by atoms with Gasteiger partial charge in [0.05, 0.1) is 31.8 Å². The van der Waals surface area contributed by atoms with Crippen LogP contribution in [0.2, 0.25) is 0 Å². The monoisotopic (exact) mass is 839 g/mol. The Hall–Kier alpha value is -6.40. The normalized spacial score (nSPS) is 13.8. The van der Waals surface area contributed by atoms with Crippen LogP contribution in [0.4, 0.5) is 0 Å². The van der Waals surface area contributed by atoms with Crippen molar-refractivity contribution >= 4 is 59.3 Å². The largest absolute Gasteiger partial charge is 0.508 e. The van der Waals surface area contributed by atoms with E-state index in [4.69, 9.17) is 22.3 Å². The highest BCUT2D eigenvalue weighted by atomic mass is 16.4. The summed E-state index contributed by atoms with van der Waals surface area (Å²) >= 11 is 0. The minimum absolute atomic E-state index is 0.00644. The average molecular weight is 840 g/mol. The van der Waals surface area contributed by atoms with Crippen LogP contribution in [0.25, 0.3) is 0 Å². The Morgan fingerprint density at radius 1 is 0.525 bits per heavy atom. The van der Waals surface area contributed by atoms with E-state index in [1.165, 1.54) is 12.1 Å². The van der Waals surface area contributed by atoms with Crippen LogP contribution in [0.1, 0.15) is 63.4 Å². The molecule has 0 aliphatic carbocycles. The fourth-order valence-electron chi connectivity index (χ4n) is 5.28. The van der Waals surface area contributed by atoms with Crippen molar-refractivity contribution in [2.24, 2.45) is 17.2 Å². The number of phenols is 1. The molecule has 1 aromatic carbocycles. The molecule has 24 nitrogen and oxygen atoms in total. The van der Waals surface area contributed by atoms with E-state index in [0.29, 0.717) is 24.8 Å². The molecule has 17 N–H and O–H groups in total. The molecule has 6 amide bonds. The van der Waals surface area contributed by atoms with Gasteiger partial charge in [-0.25, -0.2) is 4.79 Å². The lowest BCUT2D eigenvalue weighted by molar-refractivity contribution is -0.147. The van der Waals surface area contributed by atoms with E-state index < -0.39 is 121 Å². The molecule has 0 saturated heterocycles. The van der Waals surface area contributed by atoms with Gasteiger partial charge in [0.25, 0.3) is 0 Å². The zero-order valence-corrected chi connectivity index (χ0v) is 32.0. The Bertz CT molecular complexity index is 1640. The maximum absolute atomic E-state index is 13.3. The van der Waals surface area contributed by atoms with Gasteiger partial charge in [0.2, 0.25) is 35.4 Å². The summed E-state index contributed by atoms with van der Waals surface area (Å²) in [6, 6.07) is -3.70.